The van der Waals surface area contributed by atoms with Crippen LogP contribution >= 0.6 is 0 Å². The summed E-state index contributed by atoms with van der Waals surface area (Å²) in [5.41, 5.74) is 0. The molecule has 44 heavy (non-hydrogen) atoms. The van der Waals surface area contributed by atoms with Crippen LogP contribution in [0.1, 0.15) is 59.8 Å². The lowest BCUT2D eigenvalue weighted by atomic mass is 9.71. The summed E-state index contributed by atoms with van der Waals surface area (Å²) in [7, 11) is 0. The molecule has 5 aliphatic heterocycles. The summed E-state index contributed by atoms with van der Waals surface area (Å²) in [6, 6.07) is -1.19. The van der Waals surface area contributed by atoms with Crippen molar-refractivity contribution in [1.82, 2.24) is 36.0 Å². The Morgan fingerprint density at radius 2 is 1.86 bits per heavy atom. The van der Waals surface area contributed by atoms with Crippen molar-refractivity contribution in [2.45, 2.75) is 121 Å². The van der Waals surface area contributed by atoms with Gasteiger partial charge in [0.2, 0.25) is 5.91 Å². The fraction of sp³-hybridized carbons (Fsp3) is 0.818. The van der Waals surface area contributed by atoms with E-state index >= 15 is 8.78 Å². The van der Waals surface area contributed by atoms with Gasteiger partial charge in [0.1, 0.15) is 12.3 Å². The minimum absolute atomic E-state index is 0.0495. The Hall–Kier alpha value is -2.08. The molecule has 0 aromatic carbocycles. The Morgan fingerprint density at radius 3 is 2.61 bits per heavy atom. The van der Waals surface area contributed by atoms with Crippen molar-refractivity contribution in [3.8, 4) is 0 Å². The van der Waals surface area contributed by atoms with Crippen LogP contribution in [0.2, 0.25) is 0 Å². The minimum atomic E-state index is -1.25. The highest BCUT2D eigenvalue weighted by Gasteiger charge is 2.57. The van der Waals surface area contributed by atoms with Crippen molar-refractivity contribution in [2.75, 3.05) is 26.2 Å². The molecule has 0 spiro atoms. The van der Waals surface area contributed by atoms with Crippen molar-refractivity contribution in [3.05, 3.63) is 24.8 Å². The minimum Gasteiger partial charge on any atom is -0.334 e. The second-order valence-corrected chi connectivity index (χ2v) is 14.6. The van der Waals surface area contributed by atoms with Gasteiger partial charge in [0.05, 0.1) is 18.4 Å². The predicted molar refractivity (Wildman–Crippen MR) is 167 cm³/mol. The van der Waals surface area contributed by atoms with Crippen LogP contribution in [0.15, 0.2) is 24.8 Å². The summed E-state index contributed by atoms with van der Waals surface area (Å²) in [4.78, 5) is 33.1. The van der Waals surface area contributed by atoms with Gasteiger partial charge in [-0.05, 0) is 64.5 Å². The van der Waals surface area contributed by atoms with Crippen molar-refractivity contribution < 1.29 is 18.4 Å². The average Bonchev–Trinajstić information content (AvgIpc) is 2.99. The van der Waals surface area contributed by atoms with Crippen LogP contribution in [0.4, 0.5) is 13.6 Å². The number of urea groups is 1. The third-order valence-electron chi connectivity index (χ3n) is 11.6. The highest BCUT2D eigenvalue weighted by atomic mass is 19.1. The van der Waals surface area contributed by atoms with Gasteiger partial charge in [-0.3, -0.25) is 15.0 Å². The van der Waals surface area contributed by atoms with E-state index in [9.17, 15) is 9.59 Å². The molecule has 0 radical (unpaired) electrons. The van der Waals surface area contributed by atoms with Crippen LogP contribution < -0.4 is 21.3 Å². The van der Waals surface area contributed by atoms with Crippen LogP contribution in [0, 0.1) is 23.7 Å². The van der Waals surface area contributed by atoms with Gasteiger partial charge in [-0.25, -0.2) is 13.6 Å². The third kappa shape index (κ3) is 5.71. The molecule has 11 heteroatoms. The molecule has 11 unspecified atom stereocenters. The quantitative estimate of drug-likeness (QED) is 0.288. The molecule has 4 saturated heterocycles. The van der Waals surface area contributed by atoms with E-state index in [1.54, 1.807) is 0 Å². The topological polar surface area (TPSA) is 92.0 Å². The average molecular weight is 618 g/mol. The van der Waals surface area contributed by atoms with E-state index in [-0.39, 0.29) is 66.3 Å². The molecule has 0 aromatic heterocycles. The molecule has 1 aliphatic carbocycles. The van der Waals surface area contributed by atoms with Gasteiger partial charge in [0.15, 0.2) is 0 Å². The maximum absolute atomic E-state index is 16.6. The summed E-state index contributed by atoms with van der Waals surface area (Å²) in [5, 5.41) is 14.3. The predicted octanol–water partition coefficient (Wildman–Crippen LogP) is 2.76. The van der Waals surface area contributed by atoms with E-state index in [4.69, 9.17) is 0 Å². The molecule has 3 amide bonds. The fourth-order valence-corrected chi connectivity index (χ4v) is 9.49. The Bertz CT molecular complexity index is 1110. The highest BCUT2D eigenvalue weighted by molar-refractivity contribution is 5.87. The number of halogens is 2. The first kappa shape index (κ1) is 31.9. The molecule has 6 aliphatic rings. The maximum atomic E-state index is 16.6. The van der Waals surface area contributed by atoms with Gasteiger partial charge in [0.25, 0.3) is 0 Å². The Labute approximate surface area is 261 Å². The molecule has 1 saturated carbocycles. The SMILES string of the molecule is C=CC(=O)N1C[C@H](C)N(C2NC(=O)N3C4NC(C(F)CC42)C2C(F)CCCC2NC/C=C/C2CCNC(C(C)C)C23)C[C@H]1C. The highest BCUT2D eigenvalue weighted by Crippen LogP contribution is 2.42. The molecule has 4 N–H and O–H groups in total. The zero-order chi connectivity index (χ0) is 31.3. The molecule has 246 valence electrons. The van der Waals surface area contributed by atoms with Crippen LogP contribution in [0.3, 0.4) is 0 Å². The van der Waals surface area contributed by atoms with Crippen LogP contribution in [-0.2, 0) is 4.79 Å². The molecule has 5 fully saturated rings. The number of nitrogens with one attached hydrogen (secondary N) is 4. The Balaban J connectivity index is 1.40. The maximum Gasteiger partial charge on any atom is 0.320 e. The summed E-state index contributed by atoms with van der Waals surface area (Å²) in [6.07, 6.45) is 5.72. The molecule has 6 rings (SSSR count). The summed E-state index contributed by atoms with van der Waals surface area (Å²) < 4.78 is 32.4. The van der Waals surface area contributed by atoms with Crippen molar-refractivity contribution >= 4 is 11.9 Å². The zero-order valence-corrected chi connectivity index (χ0v) is 26.8. The van der Waals surface area contributed by atoms with E-state index in [1.165, 1.54) is 6.08 Å². The van der Waals surface area contributed by atoms with E-state index in [2.05, 4.69) is 65.7 Å². The molecule has 5 heterocycles. The van der Waals surface area contributed by atoms with E-state index in [0.29, 0.717) is 26.1 Å². The van der Waals surface area contributed by atoms with Crippen LogP contribution in [0.5, 0.6) is 0 Å². The standard InChI is InChI=1S/C33H53F2N7O2/c1-6-26(43)40-16-20(5)41(17-19(40)4)31-22-15-24(35)29-27-23(34)10-7-11-25(27)36-13-8-9-21-12-14-37-28(18(2)3)30(21)42(32(22)38-29)33(44)39-31/h6,8-9,18-25,27-32,36-38H,1,7,10-17H2,2-5H3,(H,39,44)/b9-8+/t19-,20+,21?,22?,23?,24?,25?,27?,28?,29?,30?,31?,32?/m1/s1. The lowest BCUT2D eigenvalue weighted by Crippen LogP contribution is -2.80. The van der Waals surface area contributed by atoms with Gasteiger partial charge in [-0.15, -0.1) is 0 Å². The van der Waals surface area contributed by atoms with Crippen molar-refractivity contribution in [2.24, 2.45) is 23.7 Å². The fourth-order valence-electron chi connectivity index (χ4n) is 9.49. The number of amides is 3. The lowest BCUT2D eigenvalue weighted by Gasteiger charge is -2.60. The van der Waals surface area contributed by atoms with E-state index in [1.807, 2.05) is 16.7 Å². The number of hydrogen-bond donors (Lipinski definition) is 4. The first-order chi connectivity index (χ1) is 21.1. The number of fused-ring (bicyclic) bond motifs is 5. The third-order valence-corrected chi connectivity index (χ3v) is 11.6. The Kier molecular flexibility index (Phi) is 9.40. The van der Waals surface area contributed by atoms with Crippen molar-refractivity contribution in [3.63, 3.8) is 0 Å². The number of nitrogens with zero attached hydrogens (tertiary/aromatic N) is 3. The lowest BCUT2D eigenvalue weighted by molar-refractivity contribution is -0.136. The number of piperidine rings is 2. The smallest absolute Gasteiger partial charge is 0.320 e. The molecule has 9 nitrogen and oxygen atoms in total. The number of alkyl halides is 2. The molecule has 13 atom stereocenters. The van der Waals surface area contributed by atoms with Gasteiger partial charge in [-0.2, -0.15) is 0 Å². The normalized spacial score (nSPS) is 45.7. The summed E-state index contributed by atoms with van der Waals surface area (Å²) >= 11 is 0. The first-order valence-corrected chi connectivity index (χ1v) is 17.1. The van der Waals surface area contributed by atoms with E-state index < -0.39 is 36.6 Å². The second-order valence-electron chi connectivity index (χ2n) is 14.6. The number of rotatable bonds is 3. The van der Waals surface area contributed by atoms with Crippen LogP contribution in [0.25, 0.3) is 0 Å². The van der Waals surface area contributed by atoms with Crippen LogP contribution in [-0.4, -0.2) is 114 Å². The monoisotopic (exact) mass is 617 g/mol. The van der Waals surface area contributed by atoms with Gasteiger partial charge in [0, 0.05) is 67.6 Å². The molecule has 0 aromatic rings. The number of piperazine rings is 1. The van der Waals surface area contributed by atoms with E-state index in [0.717, 1.165) is 25.8 Å². The number of carbonyl (C=O) groups excluding carboxylic acids is 2. The van der Waals surface area contributed by atoms with Gasteiger partial charge < -0.3 is 25.8 Å². The van der Waals surface area contributed by atoms with Gasteiger partial charge >= 0.3 is 6.03 Å². The summed E-state index contributed by atoms with van der Waals surface area (Å²) in [6.45, 7) is 14.7. The zero-order valence-electron chi connectivity index (χ0n) is 26.8. The largest absolute Gasteiger partial charge is 0.334 e. The number of carbonyl (C=O) groups is 2. The molecule has 2 bridgehead atoms. The molecular formula is C33H53F2N7O2. The first-order valence-electron chi connectivity index (χ1n) is 17.1. The molecular weight excluding hydrogens is 564 g/mol. The Morgan fingerprint density at radius 1 is 1.07 bits per heavy atom. The summed E-state index contributed by atoms with van der Waals surface area (Å²) in [5.74, 6) is -0.460. The second kappa shape index (κ2) is 13.0. The van der Waals surface area contributed by atoms with Gasteiger partial charge in [-0.1, -0.05) is 32.6 Å². The number of hydrogen-bond acceptors (Lipinski definition) is 6. The van der Waals surface area contributed by atoms with Crippen molar-refractivity contribution in [1.29, 1.82) is 0 Å².